The number of anilines is 1. The Morgan fingerprint density at radius 1 is 1.00 bits per heavy atom. The van der Waals surface area contributed by atoms with Crippen LogP contribution in [0, 0.1) is 5.82 Å². The molecule has 2 aromatic carbocycles. The van der Waals surface area contributed by atoms with Crippen molar-refractivity contribution < 1.29 is 23.5 Å². The fraction of sp³-hybridized carbons (Fsp3) is 0.333. The van der Waals surface area contributed by atoms with E-state index in [4.69, 9.17) is 9.47 Å². The molecule has 1 saturated carbocycles. The first-order valence-electron chi connectivity index (χ1n) is 9.34. The van der Waals surface area contributed by atoms with Gasteiger partial charge in [-0.3, -0.25) is 9.59 Å². The number of hydrogen-bond acceptors (Lipinski definition) is 4. The molecule has 6 nitrogen and oxygen atoms in total. The minimum atomic E-state index is -0.546. The zero-order valence-electron chi connectivity index (χ0n) is 15.3. The number of carbonyl (C=O) groups is 2. The Bertz CT molecular complexity index is 909. The van der Waals surface area contributed by atoms with Crippen molar-refractivity contribution in [1.82, 2.24) is 5.32 Å². The topological polar surface area (TPSA) is 76.7 Å². The molecule has 2 amide bonds. The van der Waals surface area contributed by atoms with Crippen LogP contribution in [0.25, 0.3) is 0 Å². The van der Waals surface area contributed by atoms with E-state index in [-0.39, 0.29) is 24.8 Å². The Labute approximate surface area is 162 Å². The molecule has 1 heterocycles. The summed E-state index contributed by atoms with van der Waals surface area (Å²) in [7, 11) is 0. The monoisotopic (exact) mass is 384 g/mol. The molecule has 0 aromatic heterocycles. The summed E-state index contributed by atoms with van der Waals surface area (Å²) in [4.78, 5) is 24.0. The van der Waals surface area contributed by atoms with Gasteiger partial charge in [-0.15, -0.1) is 0 Å². The molecular weight excluding hydrogens is 363 g/mol. The van der Waals surface area contributed by atoms with Gasteiger partial charge in [0.1, 0.15) is 5.82 Å². The van der Waals surface area contributed by atoms with Gasteiger partial charge in [0.2, 0.25) is 11.8 Å². The van der Waals surface area contributed by atoms with E-state index in [0.29, 0.717) is 22.7 Å². The number of halogens is 1. The van der Waals surface area contributed by atoms with Crippen LogP contribution in [0.2, 0.25) is 0 Å². The number of nitrogens with one attached hydrogen (secondary N) is 2. The van der Waals surface area contributed by atoms with Crippen molar-refractivity contribution in [3.8, 4) is 11.5 Å². The summed E-state index contributed by atoms with van der Waals surface area (Å²) in [6.07, 6.45) is 3.89. The zero-order chi connectivity index (χ0) is 19.6. The number of rotatable bonds is 5. The van der Waals surface area contributed by atoms with Gasteiger partial charge in [0, 0.05) is 24.6 Å². The van der Waals surface area contributed by atoms with Gasteiger partial charge in [0.15, 0.2) is 11.5 Å². The quantitative estimate of drug-likeness (QED) is 0.830. The Hall–Kier alpha value is -3.09. The van der Waals surface area contributed by atoms with Crippen molar-refractivity contribution in [3.63, 3.8) is 0 Å². The van der Waals surface area contributed by atoms with Gasteiger partial charge in [0.25, 0.3) is 5.79 Å². The molecule has 1 fully saturated rings. The number of amides is 2. The highest BCUT2D eigenvalue weighted by molar-refractivity contribution is 5.95. The number of carbonyl (C=O) groups excluding carboxylic acids is 2. The molecule has 2 N–H and O–H groups in total. The van der Waals surface area contributed by atoms with Crippen LogP contribution in [0.3, 0.4) is 0 Å². The molecule has 146 valence electrons. The minimum Gasteiger partial charge on any atom is -0.448 e. The Kier molecular flexibility index (Phi) is 4.90. The maximum Gasteiger partial charge on any atom is 0.251 e. The predicted octanol–water partition coefficient (Wildman–Crippen LogP) is 3.16. The van der Waals surface area contributed by atoms with Gasteiger partial charge >= 0.3 is 0 Å². The summed E-state index contributed by atoms with van der Waals surface area (Å²) in [6, 6.07) is 11.1. The number of benzene rings is 2. The molecule has 1 aliphatic heterocycles. The average molecular weight is 384 g/mol. The van der Waals surface area contributed by atoms with Crippen molar-refractivity contribution in [2.45, 2.75) is 37.9 Å². The van der Waals surface area contributed by atoms with Crippen LogP contribution in [-0.4, -0.2) is 24.1 Å². The largest absolute Gasteiger partial charge is 0.448 e. The van der Waals surface area contributed by atoms with Gasteiger partial charge in [0.05, 0.1) is 13.0 Å². The third kappa shape index (κ3) is 4.08. The first-order valence-corrected chi connectivity index (χ1v) is 9.34. The van der Waals surface area contributed by atoms with E-state index < -0.39 is 11.6 Å². The maximum atomic E-state index is 13.2. The highest BCUT2D eigenvalue weighted by Gasteiger charge is 2.44. The van der Waals surface area contributed by atoms with Crippen LogP contribution in [0.15, 0.2) is 42.5 Å². The van der Waals surface area contributed by atoms with Crippen molar-refractivity contribution >= 4 is 17.5 Å². The van der Waals surface area contributed by atoms with E-state index in [0.717, 1.165) is 25.7 Å². The molecule has 7 heteroatoms. The summed E-state index contributed by atoms with van der Waals surface area (Å²) < 4.78 is 25.1. The molecule has 0 unspecified atom stereocenters. The SMILES string of the molecule is O=C(Cc1cccc(F)c1)NCC(=O)Nc1ccc2c(c1)OC1(CCCC1)O2. The van der Waals surface area contributed by atoms with E-state index in [1.165, 1.54) is 12.1 Å². The molecule has 0 atom stereocenters. The first kappa shape index (κ1) is 18.3. The minimum absolute atomic E-state index is 0.0111. The molecule has 0 saturated heterocycles. The van der Waals surface area contributed by atoms with Gasteiger partial charge < -0.3 is 20.1 Å². The van der Waals surface area contributed by atoms with Crippen LogP contribution in [0.1, 0.15) is 31.2 Å². The second-order valence-electron chi connectivity index (χ2n) is 7.12. The van der Waals surface area contributed by atoms with E-state index in [1.54, 1.807) is 30.3 Å². The van der Waals surface area contributed by atoms with Gasteiger partial charge in [-0.2, -0.15) is 0 Å². The number of hydrogen-bond donors (Lipinski definition) is 2. The van der Waals surface area contributed by atoms with Crippen LogP contribution < -0.4 is 20.1 Å². The van der Waals surface area contributed by atoms with Crippen molar-refractivity contribution in [1.29, 1.82) is 0 Å². The van der Waals surface area contributed by atoms with E-state index >= 15 is 0 Å². The molecular formula is C21H21FN2O4. The van der Waals surface area contributed by atoms with E-state index in [2.05, 4.69) is 10.6 Å². The maximum absolute atomic E-state index is 13.2. The average Bonchev–Trinajstić information content (AvgIpc) is 3.25. The molecule has 0 bridgehead atoms. The number of ether oxygens (including phenoxy) is 2. The van der Waals surface area contributed by atoms with E-state index in [9.17, 15) is 14.0 Å². The Balaban J connectivity index is 1.28. The van der Waals surface area contributed by atoms with Crippen LogP contribution in [0.5, 0.6) is 11.5 Å². The fourth-order valence-corrected chi connectivity index (χ4v) is 3.57. The lowest BCUT2D eigenvalue weighted by atomic mass is 10.1. The Morgan fingerprint density at radius 2 is 1.79 bits per heavy atom. The molecule has 1 aliphatic carbocycles. The van der Waals surface area contributed by atoms with E-state index in [1.807, 2.05) is 0 Å². The van der Waals surface area contributed by atoms with Gasteiger partial charge in [-0.1, -0.05) is 12.1 Å². The normalized spacial score (nSPS) is 16.2. The molecule has 2 aromatic rings. The standard InChI is InChI=1S/C21H21FN2O4/c22-15-5-3-4-14(10-15)11-19(25)23-13-20(26)24-16-6-7-17-18(12-16)28-21(27-17)8-1-2-9-21/h3-7,10,12H,1-2,8-9,11,13H2,(H,23,25)(H,24,26). The highest BCUT2D eigenvalue weighted by atomic mass is 19.1. The van der Waals surface area contributed by atoms with Gasteiger partial charge in [-0.25, -0.2) is 4.39 Å². The van der Waals surface area contributed by atoms with Crippen LogP contribution in [0.4, 0.5) is 10.1 Å². The second kappa shape index (κ2) is 7.50. The predicted molar refractivity (Wildman–Crippen MR) is 101 cm³/mol. The van der Waals surface area contributed by atoms with Crippen LogP contribution >= 0.6 is 0 Å². The summed E-state index contributed by atoms with van der Waals surface area (Å²) in [5, 5.41) is 5.26. The molecule has 0 radical (unpaired) electrons. The van der Waals surface area contributed by atoms with Crippen LogP contribution in [-0.2, 0) is 16.0 Å². The second-order valence-corrected chi connectivity index (χ2v) is 7.12. The summed E-state index contributed by atoms with van der Waals surface area (Å²) >= 11 is 0. The van der Waals surface area contributed by atoms with Crippen molar-refractivity contribution in [2.75, 3.05) is 11.9 Å². The molecule has 28 heavy (non-hydrogen) atoms. The fourth-order valence-electron chi connectivity index (χ4n) is 3.57. The lowest BCUT2D eigenvalue weighted by Gasteiger charge is -2.21. The lowest BCUT2D eigenvalue weighted by Crippen LogP contribution is -2.34. The van der Waals surface area contributed by atoms with Gasteiger partial charge in [-0.05, 0) is 42.7 Å². The third-order valence-electron chi connectivity index (χ3n) is 4.88. The summed E-state index contributed by atoms with van der Waals surface area (Å²) in [6.45, 7) is -0.174. The zero-order valence-corrected chi connectivity index (χ0v) is 15.3. The lowest BCUT2D eigenvalue weighted by molar-refractivity contribution is -0.123. The molecule has 1 spiro atoms. The third-order valence-corrected chi connectivity index (χ3v) is 4.88. The van der Waals surface area contributed by atoms with Crippen molar-refractivity contribution in [2.24, 2.45) is 0 Å². The highest BCUT2D eigenvalue weighted by Crippen LogP contribution is 2.47. The molecule has 4 rings (SSSR count). The smallest absolute Gasteiger partial charge is 0.251 e. The van der Waals surface area contributed by atoms with Crippen molar-refractivity contribution in [3.05, 3.63) is 53.8 Å². The summed E-state index contributed by atoms with van der Waals surface area (Å²) in [5.74, 6) is -0.351. The number of fused-ring (bicyclic) bond motifs is 1. The summed E-state index contributed by atoms with van der Waals surface area (Å²) in [5.41, 5.74) is 1.12. The Morgan fingerprint density at radius 3 is 2.57 bits per heavy atom. The molecule has 2 aliphatic rings. The first-order chi connectivity index (χ1) is 13.5.